The molecule has 6 nitrogen and oxygen atoms in total. The first-order chi connectivity index (χ1) is 10.8. The molecule has 0 bridgehead atoms. The minimum Gasteiger partial charge on any atom is -0.341 e. The Morgan fingerprint density at radius 2 is 2.13 bits per heavy atom. The number of carbonyl (C=O) groups is 2. The third kappa shape index (κ3) is 3.10. The van der Waals surface area contributed by atoms with Gasteiger partial charge in [0.1, 0.15) is 0 Å². The van der Waals surface area contributed by atoms with Gasteiger partial charge in [-0.25, -0.2) is 8.42 Å². The molecule has 0 aliphatic carbocycles. The topological polar surface area (TPSA) is 74.8 Å². The lowest BCUT2D eigenvalue weighted by Crippen LogP contribution is -2.38. The van der Waals surface area contributed by atoms with Crippen molar-refractivity contribution in [3.63, 3.8) is 0 Å². The summed E-state index contributed by atoms with van der Waals surface area (Å²) in [5.41, 5.74) is 2.68. The first-order valence-corrected chi connectivity index (χ1v) is 9.43. The van der Waals surface area contributed by atoms with E-state index in [1.807, 2.05) is 18.2 Å². The van der Waals surface area contributed by atoms with Crippen molar-refractivity contribution < 1.29 is 18.0 Å². The highest BCUT2D eigenvalue weighted by atomic mass is 32.2. The Morgan fingerprint density at radius 3 is 2.78 bits per heavy atom. The summed E-state index contributed by atoms with van der Waals surface area (Å²) < 4.78 is 23.1. The number of amides is 2. The molecule has 1 saturated heterocycles. The Morgan fingerprint density at radius 1 is 1.39 bits per heavy atom. The summed E-state index contributed by atoms with van der Waals surface area (Å²) in [7, 11) is 0.404. The second-order valence-corrected chi connectivity index (χ2v) is 8.56. The zero-order valence-electron chi connectivity index (χ0n) is 13.3. The summed E-state index contributed by atoms with van der Waals surface area (Å²) >= 11 is 0. The number of likely N-dealkylation sites (N-methyl/N-ethyl adjacent to an activating group) is 2. The van der Waals surface area contributed by atoms with E-state index in [1.165, 1.54) is 0 Å². The van der Waals surface area contributed by atoms with Crippen molar-refractivity contribution in [2.24, 2.45) is 0 Å². The second kappa shape index (κ2) is 5.63. The van der Waals surface area contributed by atoms with Crippen molar-refractivity contribution in [3.05, 3.63) is 29.3 Å². The highest BCUT2D eigenvalue weighted by molar-refractivity contribution is 7.91. The largest absolute Gasteiger partial charge is 0.341 e. The fourth-order valence-corrected chi connectivity index (χ4v) is 4.99. The molecule has 1 aromatic carbocycles. The summed E-state index contributed by atoms with van der Waals surface area (Å²) in [6.07, 6.45) is 1.09. The molecule has 0 saturated carbocycles. The number of anilines is 1. The van der Waals surface area contributed by atoms with Crippen LogP contribution in [0.2, 0.25) is 0 Å². The molecule has 0 radical (unpaired) electrons. The number of carbonyl (C=O) groups excluding carboxylic acids is 2. The van der Waals surface area contributed by atoms with Gasteiger partial charge in [-0.1, -0.05) is 12.1 Å². The Labute approximate surface area is 136 Å². The predicted octanol–water partition coefficient (Wildman–Crippen LogP) is 0.393. The molecule has 2 amide bonds. The highest BCUT2D eigenvalue weighted by Crippen LogP contribution is 2.28. The zero-order chi connectivity index (χ0) is 16.8. The first kappa shape index (κ1) is 16.0. The zero-order valence-corrected chi connectivity index (χ0v) is 14.1. The molecular formula is C16H20N2O4S. The van der Waals surface area contributed by atoms with Gasteiger partial charge in [0, 0.05) is 25.8 Å². The third-order valence-electron chi connectivity index (χ3n) is 4.73. The summed E-state index contributed by atoms with van der Waals surface area (Å²) in [5.74, 6) is 0.169. The molecule has 1 aromatic rings. The predicted molar refractivity (Wildman–Crippen MR) is 87.1 cm³/mol. The van der Waals surface area contributed by atoms with Gasteiger partial charge in [0.15, 0.2) is 9.84 Å². The van der Waals surface area contributed by atoms with Crippen molar-refractivity contribution in [1.82, 2.24) is 4.90 Å². The second-order valence-electron chi connectivity index (χ2n) is 6.33. The Bertz CT molecular complexity index is 772. The van der Waals surface area contributed by atoms with Crippen molar-refractivity contribution >= 4 is 27.3 Å². The first-order valence-electron chi connectivity index (χ1n) is 7.61. The third-order valence-corrected chi connectivity index (χ3v) is 6.48. The van der Waals surface area contributed by atoms with E-state index >= 15 is 0 Å². The molecule has 2 aliphatic rings. The lowest BCUT2D eigenvalue weighted by atomic mass is 10.0. The van der Waals surface area contributed by atoms with Crippen LogP contribution in [-0.4, -0.2) is 56.8 Å². The molecule has 1 atom stereocenters. The van der Waals surface area contributed by atoms with Crippen molar-refractivity contribution in [3.8, 4) is 0 Å². The number of benzene rings is 1. The van der Waals surface area contributed by atoms with Crippen molar-refractivity contribution in [2.45, 2.75) is 25.3 Å². The van der Waals surface area contributed by atoms with Crippen LogP contribution >= 0.6 is 0 Å². The molecule has 2 aliphatic heterocycles. The van der Waals surface area contributed by atoms with E-state index in [0.717, 1.165) is 16.8 Å². The maximum absolute atomic E-state index is 12.4. The Kier molecular flexibility index (Phi) is 3.91. The van der Waals surface area contributed by atoms with Gasteiger partial charge in [0.25, 0.3) is 0 Å². The van der Waals surface area contributed by atoms with Gasteiger partial charge in [0.2, 0.25) is 11.8 Å². The van der Waals surface area contributed by atoms with E-state index < -0.39 is 9.84 Å². The Balaban J connectivity index is 1.69. The van der Waals surface area contributed by atoms with Gasteiger partial charge in [-0.3, -0.25) is 9.59 Å². The molecule has 0 aromatic heterocycles. The van der Waals surface area contributed by atoms with E-state index in [4.69, 9.17) is 0 Å². The molecule has 0 N–H and O–H groups in total. The van der Waals surface area contributed by atoms with Crippen LogP contribution in [0.4, 0.5) is 5.69 Å². The maximum atomic E-state index is 12.4. The SMILES string of the molecule is CN1C(=O)Cc2cc(CC(=O)N(C)C3CCS(=O)(=O)C3)ccc21. The van der Waals surface area contributed by atoms with Crippen LogP contribution in [0.1, 0.15) is 17.5 Å². The van der Waals surface area contributed by atoms with Crippen molar-refractivity contribution in [1.29, 1.82) is 0 Å². The van der Waals surface area contributed by atoms with Crippen LogP contribution in [0, 0.1) is 0 Å². The van der Waals surface area contributed by atoms with Crippen LogP contribution in [-0.2, 0) is 32.3 Å². The molecule has 1 fully saturated rings. The standard InChI is InChI=1S/C16H20N2O4S/c1-17(13-5-6-23(21,22)10-13)15(19)8-11-3-4-14-12(7-11)9-16(20)18(14)2/h3-4,7,13H,5-6,8-10H2,1-2H3. The highest BCUT2D eigenvalue weighted by Gasteiger charge is 2.32. The van der Waals surface area contributed by atoms with Gasteiger partial charge in [-0.05, 0) is 23.6 Å². The van der Waals surface area contributed by atoms with E-state index in [-0.39, 0.29) is 35.8 Å². The van der Waals surface area contributed by atoms with Gasteiger partial charge in [0.05, 0.1) is 24.3 Å². The molecule has 2 heterocycles. The van der Waals surface area contributed by atoms with E-state index in [0.29, 0.717) is 12.8 Å². The van der Waals surface area contributed by atoms with E-state index in [9.17, 15) is 18.0 Å². The lowest BCUT2D eigenvalue weighted by Gasteiger charge is -2.23. The van der Waals surface area contributed by atoms with Crippen LogP contribution in [0.5, 0.6) is 0 Å². The fraction of sp³-hybridized carbons (Fsp3) is 0.500. The number of fused-ring (bicyclic) bond motifs is 1. The van der Waals surface area contributed by atoms with Crippen LogP contribution < -0.4 is 4.90 Å². The van der Waals surface area contributed by atoms with Crippen molar-refractivity contribution in [2.75, 3.05) is 30.5 Å². The van der Waals surface area contributed by atoms with E-state index in [1.54, 1.807) is 23.9 Å². The quantitative estimate of drug-likeness (QED) is 0.800. The average molecular weight is 336 g/mol. The minimum absolute atomic E-state index is 0.0526. The smallest absolute Gasteiger partial charge is 0.231 e. The molecule has 7 heteroatoms. The number of nitrogens with zero attached hydrogens (tertiary/aromatic N) is 2. The number of hydrogen-bond acceptors (Lipinski definition) is 4. The summed E-state index contributed by atoms with van der Waals surface area (Å²) in [5, 5.41) is 0. The Hall–Kier alpha value is -1.89. The maximum Gasteiger partial charge on any atom is 0.231 e. The van der Waals surface area contributed by atoms with Crippen LogP contribution in [0.25, 0.3) is 0 Å². The van der Waals surface area contributed by atoms with Crippen LogP contribution in [0.3, 0.4) is 0 Å². The number of sulfone groups is 1. The summed E-state index contributed by atoms with van der Waals surface area (Å²) in [6, 6.07) is 5.39. The van der Waals surface area contributed by atoms with Gasteiger partial charge in [-0.2, -0.15) is 0 Å². The normalized spacial score (nSPS) is 22.3. The molecule has 124 valence electrons. The molecule has 1 unspecified atom stereocenters. The minimum atomic E-state index is -3.00. The molecule has 3 rings (SSSR count). The lowest BCUT2D eigenvalue weighted by molar-refractivity contribution is -0.130. The van der Waals surface area contributed by atoms with Gasteiger partial charge >= 0.3 is 0 Å². The average Bonchev–Trinajstić information content (AvgIpc) is 2.98. The van der Waals surface area contributed by atoms with Gasteiger partial charge < -0.3 is 9.80 Å². The monoisotopic (exact) mass is 336 g/mol. The summed E-state index contributed by atoms with van der Waals surface area (Å²) in [6.45, 7) is 0. The van der Waals surface area contributed by atoms with Crippen LogP contribution in [0.15, 0.2) is 18.2 Å². The number of hydrogen-bond donors (Lipinski definition) is 0. The summed E-state index contributed by atoms with van der Waals surface area (Å²) in [4.78, 5) is 27.3. The molecule has 0 spiro atoms. The van der Waals surface area contributed by atoms with Gasteiger partial charge in [-0.15, -0.1) is 0 Å². The molecular weight excluding hydrogens is 316 g/mol. The number of rotatable bonds is 3. The fourth-order valence-electron chi connectivity index (χ4n) is 3.22. The van der Waals surface area contributed by atoms with E-state index in [2.05, 4.69) is 0 Å². The molecule has 23 heavy (non-hydrogen) atoms.